The molecule has 2 N–H and O–H groups in total. The van der Waals surface area contributed by atoms with Crippen LogP contribution in [-0.2, 0) is 0 Å². The number of hydrogen-bond donors (Lipinski definition) is 2. The lowest BCUT2D eigenvalue weighted by molar-refractivity contribution is 0.248. The second-order valence-corrected chi connectivity index (χ2v) is 5.09. The maximum absolute atomic E-state index is 9.25. The maximum atomic E-state index is 9.25. The van der Waals surface area contributed by atoms with Gasteiger partial charge in [-0.15, -0.1) is 5.10 Å². The molecule has 0 aromatic carbocycles. The fraction of sp³-hybridized carbons (Fsp3) is 0.455. The van der Waals surface area contributed by atoms with Gasteiger partial charge in [-0.25, -0.2) is 4.52 Å². The minimum absolute atomic E-state index is 0.0359. The third kappa shape index (κ3) is 2.58. The van der Waals surface area contributed by atoms with Crippen LogP contribution >= 0.6 is 15.9 Å². The van der Waals surface area contributed by atoms with Crippen molar-refractivity contribution < 1.29 is 5.11 Å². The van der Waals surface area contributed by atoms with E-state index < -0.39 is 0 Å². The Hall–Kier alpha value is -1.14. The third-order valence-electron chi connectivity index (χ3n) is 2.63. The molecule has 0 fully saturated rings. The summed E-state index contributed by atoms with van der Waals surface area (Å²) in [7, 11) is 0. The van der Waals surface area contributed by atoms with Crippen molar-refractivity contribution in [3.63, 3.8) is 0 Å². The van der Waals surface area contributed by atoms with Crippen LogP contribution in [0.1, 0.15) is 13.8 Å². The van der Waals surface area contributed by atoms with Crippen LogP contribution in [0.4, 0.5) is 5.95 Å². The summed E-state index contributed by atoms with van der Waals surface area (Å²) in [6.45, 7) is 4.15. The molecule has 0 spiro atoms. The Morgan fingerprint density at radius 1 is 1.53 bits per heavy atom. The van der Waals surface area contributed by atoms with Crippen molar-refractivity contribution in [2.45, 2.75) is 19.9 Å². The minimum Gasteiger partial charge on any atom is -0.394 e. The normalized spacial score (nSPS) is 13.2. The van der Waals surface area contributed by atoms with Crippen molar-refractivity contribution >= 4 is 27.5 Å². The van der Waals surface area contributed by atoms with Crippen molar-refractivity contribution in [2.24, 2.45) is 5.92 Å². The molecule has 0 radical (unpaired) electrons. The number of rotatable bonds is 4. The van der Waals surface area contributed by atoms with Gasteiger partial charge in [0.25, 0.3) is 0 Å². The van der Waals surface area contributed by atoms with Crippen molar-refractivity contribution in [1.29, 1.82) is 0 Å². The number of nitrogens with zero attached hydrogens (tertiary/aromatic N) is 3. The van der Waals surface area contributed by atoms with Gasteiger partial charge in [0.05, 0.1) is 17.1 Å². The highest BCUT2D eigenvalue weighted by molar-refractivity contribution is 9.10. The van der Waals surface area contributed by atoms with Crippen LogP contribution in [0.5, 0.6) is 0 Å². The summed E-state index contributed by atoms with van der Waals surface area (Å²) in [6, 6.07) is 3.77. The largest absolute Gasteiger partial charge is 0.394 e. The highest BCUT2D eigenvalue weighted by atomic mass is 79.9. The van der Waals surface area contributed by atoms with Crippen LogP contribution in [0.3, 0.4) is 0 Å². The summed E-state index contributed by atoms with van der Waals surface area (Å²) in [4.78, 5) is 4.37. The van der Waals surface area contributed by atoms with Gasteiger partial charge in [0.1, 0.15) is 0 Å². The van der Waals surface area contributed by atoms with Gasteiger partial charge in [-0.05, 0) is 34.0 Å². The second kappa shape index (κ2) is 5.01. The Morgan fingerprint density at radius 3 is 2.88 bits per heavy atom. The fourth-order valence-electron chi connectivity index (χ4n) is 1.52. The zero-order valence-corrected chi connectivity index (χ0v) is 11.3. The zero-order chi connectivity index (χ0) is 12.4. The first kappa shape index (κ1) is 12.3. The van der Waals surface area contributed by atoms with Crippen LogP contribution in [-0.4, -0.2) is 32.4 Å². The topological polar surface area (TPSA) is 62.5 Å². The minimum atomic E-state index is -0.0359. The number of pyridine rings is 1. The van der Waals surface area contributed by atoms with Gasteiger partial charge in [-0.2, -0.15) is 4.98 Å². The molecule has 5 nitrogen and oxygen atoms in total. The molecule has 1 atom stereocenters. The van der Waals surface area contributed by atoms with Crippen LogP contribution < -0.4 is 5.32 Å². The van der Waals surface area contributed by atoms with E-state index in [2.05, 4.69) is 31.3 Å². The maximum Gasteiger partial charge on any atom is 0.243 e. The summed E-state index contributed by atoms with van der Waals surface area (Å²) >= 11 is 3.42. The number of fused-ring (bicyclic) bond motifs is 1. The standard InChI is InChI=1S/C11H15BrN4O/c1-7(2)9(6-17)13-11-14-10-8(12)4-3-5-16(10)15-11/h3-5,7,9,17H,6H2,1-2H3,(H,13,15)/t9-/m1/s1. The first-order valence-corrected chi connectivity index (χ1v) is 6.29. The smallest absolute Gasteiger partial charge is 0.243 e. The van der Waals surface area contributed by atoms with E-state index in [9.17, 15) is 5.11 Å². The lowest BCUT2D eigenvalue weighted by Crippen LogP contribution is -2.29. The van der Waals surface area contributed by atoms with Crippen molar-refractivity contribution in [1.82, 2.24) is 14.6 Å². The molecule has 0 bridgehead atoms. The molecule has 0 saturated heterocycles. The van der Waals surface area contributed by atoms with E-state index in [4.69, 9.17) is 0 Å². The van der Waals surface area contributed by atoms with Crippen molar-refractivity contribution in [3.05, 3.63) is 22.8 Å². The molecular weight excluding hydrogens is 284 g/mol. The Morgan fingerprint density at radius 2 is 2.29 bits per heavy atom. The summed E-state index contributed by atoms with van der Waals surface area (Å²) in [5, 5.41) is 16.7. The molecular formula is C11H15BrN4O. The average Bonchev–Trinajstić information content (AvgIpc) is 2.69. The lowest BCUT2D eigenvalue weighted by Gasteiger charge is -2.18. The summed E-state index contributed by atoms with van der Waals surface area (Å²) in [6.07, 6.45) is 1.83. The number of aliphatic hydroxyl groups excluding tert-OH is 1. The van der Waals surface area contributed by atoms with E-state index in [0.29, 0.717) is 11.9 Å². The Balaban J connectivity index is 2.28. The van der Waals surface area contributed by atoms with E-state index in [1.165, 1.54) is 0 Å². The Bertz CT molecular complexity index is 511. The van der Waals surface area contributed by atoms with Crippen molar-refractivity contribution in [3.8, 4) is 0 Å². The van der Waals surface area contributed by atoms with E-state index in [1.54, 1.807) is 4.52 Å². The van der Waals surface area contributed by atoms with E-state index >= 15 is 0 Å². The fourth-order valence-corrected chi connectivity index (χ4v) is 1.95. The molecule has 0 aliphatic heterocycles. The first-order valence-electron chi connectivity index (χ1n) is 5.50. The van der Waals surface area contributed by atoms with Crippen LogP contribution in [0.2, 0.25) is 0 Å². The molecule has 17 heavy (non-hydrogen) atoms. The number of anilines is 1. The zero-order valence-electron chi connectivity index (χ0n) is 9.76. The predicted octanol–water partition coefficient (Wildman–Crippen LogP) is 1.92. The Kier molecular flexibility index (Phi) is 3.63. The van der Waals surface area contributed by atoms with E-state index in [-0.39, 0.29) is 12.6 Å². The molecule has 2 rings (SSSR count). The van der Waals surface area contributed by atoms with Crippen LogP contribution in [0, 0.1) is 5.92 Å². The average molecular weight is 299 g/mol. The highest BCUT2D eigenvalue weighted by Crippen LogP contribution is 2.17. The summed E-state index contributed by atoms with van der Waals surface area (Å²) in [5.74, 6) is 0.847. The van der Waals surface area contributed by atoms with Gasteiger partial charge >= 0.3 is 0 Å². The molecule has 2 heterocycles. The molecule has 2 aromatic heterocycles. The molecule has 0 saturated carbocycles. The summed E-state index contributed by atoms with van der Waals surface area (Å²) < 4.78 is 2.59. The van der Waals surface area contributed by atoms with Gasteiger partial charge in [0, 0.05) is 6.20 Å². The van der Waals surface area contributed by atoms with Gasteiger partial charge in [-0.1, -0.05) is 13.8 Å². The molecule has 6 heteroatoms. The quantitative estimate of drug-likeness (QED) is 0.905. The van der Waals surface area contributed by atoms with Gasteiger partial charge in [0.15, 0.2) is 5.65 Å². The molecule has 2 aromatic rings. The van der Waals surface area contributed by atoms with Gasteiger partial charge in [0.2, 0.25) is 5.95 Å². The van der Waals surface area contributed by atoms with E-state index in [1.807, 2.05) is 32.2 Å². The molecule has 0 aliphatic rings. The molecule has 0 unspecified atom stereocenters. The van der Waals surface area contributed by atoms with Gasteiger partial charge in [-0.3, -0.25) is 0 Å². The third-order valence-corrected chi connectivity index (χ3v) is 3.25. The SMILES string of the molecule is CC(C)[C@@H](CO)Nc1nc2c(Br)cccn2n1. The number of nitrogens with one attached hydrogen (secondary N) is 1. The lowest BCUT2D eigenvalue weighted by atomic mass is 10.1. The van der Waals surface area contributed by atoms with E-state index in [0.717, 1.165) is 10.1 Å². The van der Waals surface area contributed by atoms with Gasteiger partial charge < -0.3 is 10.4 Å². The number of halogens is 1. The first-order chi connectivity index (χ1) is 8.11. The number of aromatic nitrogens is 3. The molecule has 0 aliphatic carbocycles. The monoisotopic (exact) mass is 298 g/mol. The number of aliphatic hydroxyl groups is 1. The summed E-state index contributed by atoms with van der Waals surface area (Å²) in [5.41, 5.74) is 0.760. The van der Waals surface area contributed by atoms with Crippen molar-refractivity contribution in [2.75, 3.05) is 11.9 Å². The molecule has 92 valence electrons. The second-order valence-electron chi connectivity index (χ2n) is 4.24. The van der Waals surface area contributed by atoms with Crippen LogP contribution in [0.25, 0.3) is 5.65 Å². The number of hydrogen-bond acceptors (Lipinski definition) is 4. The predicted molar refractivity (Wildman–Crippen MR) is 70.0 cm³/mol. The highest BCUT2D eigenvalue weighted by Gasteiger charge is 2.14. The molecule has 0 amide bonds. The Labute approximate surface area is 108 Å². The van der Waals surface area contributed by atoms with Crippen LogP contribution in [0.15, 0.2) is 22.8 Å².